The van der Waals surface area contributed by atoms with Crippen molar-refractivity contribution < 1.29 is 29.3 Å². The molecule has 0 heterocycles. The van der Waals surface area contributed by atoms with Crippen LogP contribution in [0.5, 0.6) is 0 Å². The van der Waals surface area contributed by atoms with Crippen LogP contribution in [0.3, 0.4) is 0 Å². The third-order valence-corrected chi connectivity index (χ3v) is 11.3. The van der Waals surface area contributed by atoms with Crippen LogP contribution in [0.2, 0.25) is 0 Å². The molecule has 0 spiro atoms. The van der Waals surface area contributed by atoms with E-state index in [1.54, 1.807) is 6.08 Å². The lowest BCUT2D eigenvalue weighted by molar-refractivity contribution is -0.205. The van der Waals surface area contributed by atoms with E-state index in [1.807, 2.05) is 20.8 Å². The highest BCUT2D eigenvalue weighted by Gasteiger charge is 2.68. The number of ether oxygens (including phenoxy) is 1. The molecule has 2 bridgehead atoms. The molecule has 3 saturated carbocycles. The van der Waals surface area contributed by atoms with Gasteiger partial charge in [0.2, 0.25) is 5.43 Å². The number of esters is 1. The molecule has 0 unspecified atom stereocenters. The monoisotopic (exact) mass is 547 g/mol. The van der Waals surface area contributed by atoms with E-state index in [0.29, 0.717) is 19.3 Å². The van der Waals surface area contributed by atoms with Gasteiger partial charge in [-0.3, -0.25) is 24.0 Å². The second kappa shape index (κ2) is 9.93. The van der Waals surface area contributed by atoms with Crippen LogP contribution in [0.25, 0.3) is 0 Å². The lowest BCUT2D eigenvalue weighted by atomic mass is 9.44. The number of carboxylic acid groups (broad SMARTS) is 1. The van der Waals surface area contributed by atoms with Gasteiger partial charge in [-0.05, 0) is 42.9 Å². The van der Waals surface area contributed by atoms with Crippen LogP contribution in [-0.4, -0.2) is 52.4 Å². The highest BCUT2D eigenvalue weighted by atomic mass is 32.2. The zero-order valence-corrected chi connectivity index (χ0v) is 23.2. The number of thioether (sulfide) groups is 1. The van der Waals surface area contributed by atoms with E-state index in [1.165, 1.54) is 0 Å². The van der Waals surface area contributed by atoms with Crippen LogP contribution in [0.15, 0.2) is 27.1 Å². The molecule has 0 saturated heterocycles. The van der Waals surface area contributed by atoms with Crippen LogP contribution in [0, 0.1) is 34.0 Å². The van der Waals surface area contributed by atoms with Gasteiger partial charge in [0.15, 0.2) is 0 Å². The van der Waals surface area contributed by atoms with E-state index in [2.05, 4.69) is 18.8 Å². The maximum atomic E-state index is 13.5. The van der Waals surface area contributed by atoms with Gasteiger partial charge >= 0.3 is 11.9 Å². The number of ketones is 1. The van der Waals surface area contributed by atoms with Crippen LogP contribution in [0.4, 0.5) is 5.69 Å². The minimum Gasteiger partial charge on any atom is -0.480 e. The third kappa shape index (κ3) is 4.24. The molecule has 0 amide bonds. The Morgan fingerprint density at radius 1 is 1.18 bits per heavy atom. The number of carboxylic acids is 1. The summed E-state index contributed by atoms with van der Waals surface area (Å²) in [7, 11) is 0. The Balaban J connectivity index is 1.63. The second-order valence-electron chi connectivity index (χ2n) is 12.0. The molecule has 3 aliphatic rings. The Morgan fingerprint density at radius 2 is 1.87 bits per heavy atom. The van der Waals surface area contributed by atoms with Crippen molar-refractivity contribution >= 4 is 35.2 Å². The average molecular weight is 548 g/mol. The Hall–Kier alpha value is -2.46. The minimum absolute atomic E-state index is 0.00766. The maximum absolute atomic E-state index is 13.5. The van der Waals surface area contributed by atoms with Gasteiger partial charge in [0, 0.05) is 23.2 Å². The number of aliphatic hydroxyl groups excluding tert-OH is 1. The molecular weight excluding hydrogens is 510 g/mol. The normalized spacial score (nSPS) is 38.7. The number of carbonyl (C=O) groups excluding carboxylic acids is 2. The highest BCUT2D eigenvalue weighted by Crippen LogP contribution is 2.68. The van der Waals surface area contributed by atoms with Crippen molar-refractivity contribution in [3.63, 3.8) is 0 Å². The number of aliphatic carboxylic acids is 1. The van der Waals surface area contributed by atoms with Crippen LogP contribution in [-0.2, 0) is 19.1 Å². The number of aliphatic hydroxyl groups is 1. The molecule has 0 aromatic heterocycles. The highest BCUT2D eigenvalue weighted by molar-refractivity contribution is 8.00. The van der Waals surface area contributed by atoms with Gasteiger partial charge in [-0.1, -0.05) is 33.8 Å². The van der Waals surface area contributed by atoms with Gasteiger partial charge in [0.25, 0.3) is 5.43 Å². The molecule has 9 nitrogen and oxygen atoms in total. The Morgan fingerprint density at radius 3 is 2.50 bits per heavy atom. The van der Waals surface area contributed by atoms with E-state index in [4.69, 9.17) is 9.84 Å². The quantitative estimate of drug-likeness (QED) is 0.192. The van der Waals surface area contributed by atoms with Gasteiger partial charge in [-0.15, -0.1) is 18.3 Å². The number of anilines is 1. The summed E-state index contributed by atoms with van der Waals surface area (Å²) in [6, 6.07) is 0. The largest absolute Gasteiger partial charge is 0.480 e. The third-order valence-electron chi connectivity index (χ3n) is 10.2. The predicted molar refractivity (Wildman–Crippen MR) is 143 cm³/mol. The van der Waals surface area contributed by atoms with Crippen LogP contribution in [0.1, 0.15) is 59.8 Å². The molecule has 1 aromatic rings. The zero-order chi connectivity index (χ0) is 28.2. The fourth-order valence-electron chi connectivity index (χ4n) is 7.66. The number of Topliss-reactive ketones (excluding diaryl/α,β-unsaturated/α-hetero) is 1. The smallest absolute Gasteiger partial charge is 0.322 e. The van der Waals surface area contributed by atoms with E-state index in [9.17, 15) is 29.1 Å². The molecule has 0 aliphatic heterocycles. The van der Waals surface area contributed by atoms with E-state index in [0.717, 1.165) is 24.6 Å². The fraction of sp³-hybridized carbons (Fsp3) is 0.679. The standard InChI is InChI=1S/C28H37NO8S/c1-6-26(4)11-17(37-19(33)13-38-23-20(21(34)22(23)35)29-12-18(31)32)27(5)14(2)7-9-28(15(3)25(26)36)10-8-16(30)24(27)28/h6,14-15,17,24-25,29,36H,1,7-13H2,2-5H3,(H,31,32)/t14-,15+,17-,24+,25+,26-,27+,28+/m1/s1. The molecule has 8 atom stereocenters. The number of carbonyl (C=O) groups is 3. The first kappa shape index (κ1) is 28.5. The van der Waals surface area contributed by atoms with E-state index >= 15 is 0 Å². The summed E-state index contributed by atoms with van der Waals surface area (Å²) in [6.07, 6.45) is 3.41. The minimum atomic E-state index is -1.19. The molecular formula is C28H37NO8S. The first-order chi connectivity index (χ1) is 17.7. The average Bonchev–Trinajstić information content (AvgIpc) is 3.23. The van der Waals surface area contributed by atoms with E-state index < -0.39 is 52.4 Å². The molecule has 4 rings (SSSR count). The topological polar surface area (TPSA) is 147 Å². The Kier molecular flexibility index (Phi) is 7.46. The molecule has 3 aliphatic carbocycles. The van der Waals surface area contributed by atoms with Crippen LogP contribution < -0.4 is 16.2 Å². The lowest BCUT2D eigenvalue weighted by Crippen LogP contribution is -2.63. The second-order valence-corrected chi connectivity index (χ2v) is 12.9. The first-order valence-corrected chi connectivity index (χ1v) is 14.2. The predicted octanol–water partition coefficient (Wildman–Crippen LogP) is 2.78. The fourth-order valence-corrected chi connectivity index (χ4v) is 8.52. The van der Waals surface area contributed by atoms with Crippen molar-refractivity contribution in [2.45, 2.75) is 76.9 Å². The number of hydrogen-bond acceptors (Lipinski definition) is 9. The van der Waals surface area contributed by atoms with Crippen molar-refractivity contribution in [2.24, 2.45) is 34.0 Å². The molecule has 3 N–H and O–H groups in total. The molecule has 1 aromatic carbocycles. The van der Waals surface area contributed by atoms with Crippen molar-refractivity contribution in [3.05, 3.63) is 33.1 Å². The van der Waals surface area contributed by atoms with Gasteiger partial charge in [0.05, 0.1) is 16.8 Å². The summed E-state index contributed by atoms with van der Waals surface area (Å²) in [4.78, 5) is 61.4. The Labute approximate surface area is 226 Å². The molecule has 10 heteroatoms. The van der Waals surface area contributed by atoms with Gasteiger partial charge < -0.3 is 20.3 Å². The number of hydrogen-bond donors (Lipinski definition) is 3. The summed E-state index contributed by atoms with van der Waals surface area (Å²) in [6.45, 7) is 11.6. The Bertz CT molecular complexity index is 1240. The maximum Gasteiger partial charge on any atom is 0.322 e. The molecule has 38 heavy (non-hydrogen) atoms. The van der Waals surface area contributed by atoms with Crippen molar-refractivity contribution in [1.29, 1.82) is 0 Å². The summed E-state index contributed by atoms with van der Waals surface area (Å²) in [5, 5.41) is 22.9. The first-order valence-electron chi connectivity index (χ1n) is 13.2. The molecule has 3 fully saturated rings. The SMILES string of the molecule is C=C[C@]1(C)C[C@@H](OC(=O)CSc2c(NCC(=O)O)c(=O)c2=O)[C@]2(C)[C@H](C)CC[C@]3(CCC(=O)[C@H]32)[C@@H](C)[C@@H]1O. The van der Waals surface area contributed by atoms with Crippen molar-refractivity contribution in [3.8, 4) is 0 Å². The van der Waals surface area contributed by atoms with Crippen molar-refractivity contribution in [1.82, 2.24) is 0 Å². The van der Waals surface area contributed by atoms with Gasteiger partial charge in [-0.25, -0.2) is 0 Å². The van der Waals surface area contributed by atoms with Crippen LogP contribution >= 0.6 is 11.8 Å². The summed E-state index contributed by atoms with van der Waals surface area (Å²) < 4.78 is 6.13. The summed E-state index contributed by atoms with van der Waals surface area (Å²) in [5.41, 5.74) is -3.48. The van der Waals surface area contributed by atoms with Gasteiger partial charge in [0.1, 0.15) is 24.1 Å². The molecule has 0 radical (unpaired) electrons. The summed E-state index contributed by atoms with van der Waals surface area (Å²) in [5.74, 6) is -2.29. The zero-order valence-electron chi connectivity index (χ0n) is 22.4. The number of nitrogens with one attached hydrogen (secondary N) is 1. The lowest BCUT2D eigenvalue weighted by Gasteiger charge is -2.61. The number of rotatable bonds is 8. The van der Waals surface area contributed by atoms with Crippen molar-refractivity contribution in [2.75, 3.05) is 17.6 Å². The molecule has 208 valence electrons. The van der Waals surface area contributed by atoms with E-state index in [-0.39, 0.29) is 45.3 Å². The van der Waals surface area contributed by atoms with Gasteiger partial charge in [-0.2, -0.15) is 0 Å². The summed E-state index contributed by atoms with van der Waals surface area (Å²) >= 11 is 0.832.